The van der Waals surface area contributed by atoms with Crippen LogP contribution in [0, 0.1) is 6.92 Å². The Hall–Kier alpha value is -3.66. The van der Waals surface area contributed by atoms with E-state index in [1.807, 2.05) is 43.3 Å². The fourth-order valence-electron chi connectivity index (χ4n) is 2.59. The van der Waals surface area contributed by atoms with Crippen molar-refractivity contribution in [3.8, 4) is 5.75 Å². The Kier molecular flexibility index (Phi) is 10.9. The molecule has 3 aromatic rings. The van der Waals surface area contributed by atoms with Crippen LogP contribution >= 0.6 is 0 Å². The number of aliphatic imine (C=N–C) groups is 1. The first kappa shape index (κ1) is 30.4. The van der Waals surface area contributed by atoms with Crippen molar-refractivity contribution in [3.05, 3.63) is 59.3 Å². The summed E-state index contributed by atoms with van der Waals surface area (Å²) in [6, 6.07) is 13.1. The largest absolute Gasteiger partial charge is 0.487 e. The summed E-state index contributed by atoms with van der Waals surface area (Å²) in [4.78, 5) is 19.1. The van der Waals surface area contributed by atoms with Gasteiger partial charge < -0.3 is 21.2 Å². The van der Waals surface area contributed by atoms with Crippen LogP contribution in [0.2, 0.25) is 0 Å². The molecule has 0 saturated heterocycles. The molecule has 1 aromatic heterocycles. The molecule has 36 heavy (non-hydrogen) atoms. The van der Waals surface area contributed by atoms with Crippen LogP contribution in [0.4, 0.5) is 5.69 Å². The fourth-order valence-corrected chi connectivity index (χ4v) is 2.59. The van der Waals surface area contributed by atoms with Crippen LogP contribution in [-0.4, -0.2) is 62.4 Å². The van der Waals surface area contributed by atoms with Crippen molar-refractivity contribution >= 4 is 48.7 Å². The van der Waals surface area contributed by atoms with E-state index >= 15 is 0 Å². The summed E-state index contributed by atoms with van der Waals surface area (Å²) in [6.07, 6.45) is 1.43. The van der Waals surface area contributed by atoms with Crippen LogP contribution < -0.4 is 21.5 Å². The lowest BCUT2D eigenvalue weighted by molar-refractivity contribution is 0.0972. The number of aromatic nitrogens is 1. The van der Waals surface area contributed by atoms with Gasteiger partial charge in [0.2, 0.25) is 0 Å². The zero-order valence-electron chi connectivity index (χ0n) is 20.0. The number of H-pyrrole nitrogens is 1. The number of hydrogen-bond acceptors (Lipinski definition) is 8. The van der Waals surface area contributed by atoms with Crippen molar-refractivity contribution in [2.24, 2.45) is 10.7 Å². The molecule has 3 rings (SSSR count). The molecular weight excluding hydrogens is 514 g/mol. The lowest BCUT2D eigenvalue weighted by Gasteiger charge is -2.09. The van der Waals surface area contributed by atoms with Crippen LogP contribution in [0.1, 0.15) is 21.6 Å². The monoisotopic (exact) mass is 543 g/mol. The van der Waals surface area contributed by atoms with E-state index in [1.165, 1.54) is 7.05 Å². The number of anilines is 1. The zero-order valence-corrected chi connectivity index (χ0v) is 21.6. The van der Waals surface area contributed by atoms with E-state index < -0.39 is 20.2 Å². The van der Waals surface area contributed by atoms with Gasteiger partial charge in [0.1, 0.15) is 18.1 Å². The summed E-state index contributed by atoms with van der Waals surface area (Å²) >= 11 is 0. The van der Waals surface area contributed by atoms with Crippen molar-refractivity contribution in [1.82, 2.24) is 10.3 Å². The second kappa shape index (κ2) is 12.9. The SMILES string of the molecule is CN=C(N)NC(=O)c1cc2c(C)ccc(OCc3ccc(N)cc3)c2[nH]1.CS(=O)(=O)O.CS(=O)(=O)O. The molecule has 198 valence electrons. The zero-order chi connectivity index (χ0) is 27.7. The second-order valence-corrected chi connectivity index (χ2v) is 10.3. The molecule has 1 amide bonds. The van der Waals surface area contributed by atoms with E-state index in [0.717, 1.165) is 22.0 Å². The Bertz CT molecular complexity index is 1380. The Morgan fingerprint density at radius 3 is 2.08 bits per heavy atom. The standard InChI is InChI=1S/C19H21N5O2.2CH4O3S/c1-11-3-8-16(26-10-12-4-6-13(20)7-5-12)17-14(11)9-15(23-17)18(25)24-19(21)22-2;2*1-5(2,3)4/h3-9,23H,10,20H2,1-2H3,(H3,21,22,24,25);2*1H3,(H,2,3,4). The van der Waals surface area contributed by atoms with Crippen LogP contribution in [0.25, 0.3) is 10.9 Å². The molecule has 8 N–H and O–H groups in total. The number of carbonyl (C=O) groups excluding carboxylic acids is 1. The number of nitrogens with one attached hydrogen (secondary N) is 2. The summed E-state index contributed by atoms with van der Waals surface area (Å²) in [7, 11) is -5.83. The predicted octanol–water partition coefficient (Wildman–Crippen LogP) is 1.32. The predicted molar refractivity (Wildman–Crippen MR) is 138 cm³/mol. The average molecular weight is 544 g/mol. The number of ether oxygens (including phenoxy) is 1. The van der Waals surface area contributed by atoms with E-state index in [0.29, 0.717) is 36.2 Å². The van der Waals surface area contributed by atoms with Gasteiger partial charge in [-0.2, -0.15) is 16.8 Å². The summed E-state index contributed by atoms with van der Waals surface area (Å²) in [6.45, 7) is 2.37. The molecule has 1 heterocycles. The summed E-state index contributed by atoms with van der Waals surface area (Å²) < 4.78 is 57.7. The highest BCUT2D eigenvalue weighted by Gasteiger charge is 2.14. The normalized spacial score (nSPS) is 11.6. The van der Waals surface area contributed by atoms with Gasteiger partial charge in [-0.15, -0.1) is 0 Å². The van der Waals surface area contributed by atoms with Crippen LogP contribution in [0.3, 0.4) is 0 Å². The molecule has 0 aliphatic carbocycles. The number of fused-ring (bicyclic) bond motifs is 1. The minimum absolute atomic E-state index is 0.0604. The first-order valence-corrected chi connectivity index (χ1v) is 13.7. The number of guanidine groups is 1. The first-order chi connectivity index (χ1) is 16.5. The molecule has 13 nitrogen and oxygen atoms in total. The van der Waals surface area contributed by atoms with Crippen LogP contribution in [-0.2, 0) is 26.8 Å². The molecular formula is C21H29N5O8S2. The Balaban J connectivity index is 0.000000550. The van der Waals surface area contributed by atoms with Crippen molar-refractivity contribution in [2.45, 2.75) is 13.5 Å². The number of aromatic amines is 1. The third kappa shape index (κ3) is 12.2. The lowest BCUT2D eigenvalue weighted by atomic mass is 10.1. The van der Waals surface area contributed by atoms with Gasteiger partial charge in [0.05, 0.1) is 18.0 Å². The molecule has 0 unspecified atom stereocenters. The van der Waals surface area contributed by atoms with Crippen LogP contribution in [0.5, 0.6) is 5.75 Å². The van der Waals surface area contributed by atoms with E-state index in [4.69, 9.17) is 25.3 Å². The number of carbonyl (C=O) groups is 1. The van der Waals surface area contributed by atoms with E-state index in [2.05, 4.69) is 15.3 Å². The van der Waals surface area contributed by atoms with E-state index in [9.17, 15) is 21.6 Å². The van der Waals surface area contributed by atoms with Gasteiger partial charge in [-0.1, -0.05) is 18.2 Å². The third-order valence-corrected chi connectivity index (χ3v) is 4.07. The number of hydrogen-bond donors (Lipinski definition) is 6. The number of benzene rings is 2. The highest BCUT2D eigenvalue weighted by molar-refractivity contribution is 7.85. The number of nitrogens with zero attached hydrogens (tertiary/aromatic N) is 1. The highest BCUT2D eigenvalue weighted by atomic mass is 32.2. The Morgan fingerprint density at radius 2 is 1.58 bits per heavy atom. The van der Waals surface area contributed by atoms with Crippen molar-refractivity contribution < 1.29 is 35.5 Å². The maximum absolute atomic E-state index is 12.3. The number of aryl methyl sites for hydroxylation is 1. The third-order valence-electron chi connectivity index (χ3n) is 4.07. The minimum atomic E-state index is -3.67. The molecule has 0 saturated carbocycles. The van der Waals surface area contributed by atoms with Gasteiger partial charge in [-0.25, -0.2) is 0 Å². The molecule has 15 heteroatoms. The van der Waals surface area contributed by atoms with Gasteiger partial charge >= 0.3 is 0 Å². The van der Waals surface area contributed by atoms with E-state index in [1.54, 1.807) is 6.07 Å². The summed E-state index contributed by atoms with van der Waals surface area (Å²) in [5.41, 5.74) is 15.2. The molecule has 0 atom stereocenters. The van der Waals surface area contributed by atoms with Crippen molar-refractivity contribution in [3.63, 3.8) is 0 Å². The molecule has 0 radical (unpaired) electrons. The van der Waals surface area contributed by atoms with Gasteiger partial charge in [-0.3, -0.25) is 24.2 Å². The number of nitrogen functional groups attached to an aromatic ring is 1. The van der Waals surface area contributed by atoms with Gasteiger partial charge in [-0.05, 0) is 42.3 Å². The lowest BCUT2D eigenvalue weighted by Crippen LogP contribution is -2.36. The highest BCUT2D eigenvalue weighted by Crippen LogP contribution is 2.29. The Labute approximate surface area is 209 Å². The molecule has 0 fully saturated rings. The second-order valence-electron chi connectivity index (χ2n) is 7.41. The number of nitrogens with two attached hydrogens (primary N) is 2. The topological polar surface area (TPSA) is 227 Å². The van der Waals surface area contributed by atoms with E-state index in [-0.39, 0.29) is 11.9 Å². The molecule has 0 bridgehead atoms. The molecule has 2 aromatic carbocycles. The maximum Gasteiger partial charge on any atom is 0.274 e. The van der Waals surface area contributed by atoms with Gasteiger partial charge in [0.25, 0.3) is 26.1 Å². The van der Waals surface area contributed by atoms with Gasteiger partial charge in [0, 0.05) is 18.1 Å². The minimum Gasteiger partial charge on any atom is -0.487 e. The maximum atomic E-state index is 12.3. The quantitative estimate of drug-likeness (QED) is 0.120. The summed E-state index contributed by atoms with van der Waals surface area (Å²) in [5.74, 6) is 0.372. The molecule has 0 aliphatic heterocycles. The average Bonchev–Trinajstić information content (AvgIpc) is 3.19. The fraction of sp³-hybridized carbons (Fsp3) is 0.238. The molecule has 0 spiro atoms. The smallest absolute Gasteiger partial charge is 0.274 e. The first-order valence-electron chi connectivity index (χ1n) is 9.96. The Morgan fingerprint density at radius 1 is 1.06 bits per heavy atom. The summed E-state index contributed by atoms with van der Waals surface area (Å²) in [5, 5.41) is 3.43. The number of rotatable bonds is 4. The molecule has 0 aliphatic rings. The van der Waals surface area contributed by atoms with Crippen LogP contribution in [0.15, 0.2) is 47.5 Å². The van der Waals surface area contributed by atoms with Gasteiger partial charge in [0.15, 0.2) is 5.96 Å². The van der Waals surface area contributed by atoms with Crippen molar-refractivity contribution in [1.29, 1.82) is 0 Å². The van der Waals surface area contributed by atoms with Crippen molar-refractivity contribution in [2.75, 3.05) is 25.3 Å². The number of amides is 1.